The molecule has 2 N–H and O–H groups in total. The lowest BCUT2D eigenvalue weighted by Crippen LogP contribution is -2.38. The maximum absolute atomic E-state index is 13.8. The van der Waals surface area contributed by atoms with E-state index in [4.69, 9.17) is 5.26 Å². The normalized spacial score (nSPS) is 11.6. The van der Waals surface area contributed by atoms with Gasteiger partial charge in [0.1, 0.15) is 5.82 Å². The van der Waals surface area contributed by atoms with E-state index in [1.54, 1.807) is 6.07 Å². The van der Waals surface area contributed by atoms with Crippen molar-refractivity contribution < 1.29 is 14.0 Å². The minimum absolute atomic E-state index is 0.0201. The molecule has 1 heterocycles. The highest BCUT2D eigenvalue weighted by atomic mass is 32.1. The summed E-state index contributed by atoms with van der Waals surface area (Å²) in [5.74, 6) is -2.12. The summed E-state index contributed by atoms with van der Waals surface area (Å²) in [5, 5.41) is 16.9. The lowest BCUT2D eigenvalue weighted by molar-refractivity contribution is -0.122. The van der Waals surface area contributed by atoms with Gasteiger partial charge in [-0.1, -0.05) is 30.3 Å². The molecule has 0 saturated heterocycles. The van der Waals surface area contributed by atoms with Crippen molar-refractivity contribution in [3.8, 4) is 6.07 Å². The first-order valence-electron chi connectivity index (χ1n) is 8.75. The van der Waals surface area contributed by atoms with E-state index in [0.717, 1.165) is 15.6 Å². The fourth-order valence-corrected chi connectivity index (χ4v) is 3.93. The Balaban J connectivity index is 1.82. The van der Waals surface area contributed by atoms with E-state index in [1.807, 2.05) is 35.7 Å². The summed E-state index contributed by atoms with van der Waals surface area (Å²) in [6.07, 6.45) is 0.199. The number of nitriles is 1. The minimum Gasteiger partial charge on any atom is -0.354 e. The van der Waals surface area contributed by atoms with Crippen molar-refractivity contribution in [3.05, 3.63) is 70.9 Å². The third kappa shape index (κ3) is 4.35. The van der Waals surface area contributed by atoms with Gasteiger partial charge >= 0.3 is 0 Å². The molecule has 0 bridgehead atoms. The van der Waals surface area contributed by atoms with Crippen molar-refractivity contribution >= 4 is 33.2 Å². The molecule has 1 unspecified atom stereocenters. The van der Waals surface area contributed by atoms with Crippen LogP contribution in [0.2, 0.25) is 0 Å². The van der Waals surface area contributed by atoms with Crippen LogP contribution in [0.3, 0.4) is 0 Å². The van der Waals surface area contributed by atoms with Gasteiger partial charge in [0.05, 0.1) is 24.0 Å². The molecule has 0 aliphatic rings. The van der Waals surface area contributed by atoms with Crippen LogP contribution in [0.1, 0.15) is 28.3 Å². The van der Waals surface area contributed by atoms with E-state index < -0.39 is 17.6 Å². The topological polar surface area (TPSA) is 82.0 Å². The number of hydrogen-bond donors (Lipinski definition) is 2. The first kappa shape index (κ1) is 19.5. The molecule has 5 nitrogen and oxygen atoms in total. The first-order chi connectivity index (χ1) is 13.6. The molecule has 1 aromatic heterocycles. The average molecular weight is 395 g/mol. The molecule has 0 radical (unpaired) electrons. The molecular formula is C21H18FN3O2S. The van der Waals surface area contributed by atoms with Crippen LogP contribution in [0.25, 0.3) is 10.1 Å². The molecule has 2 amide bonds. The van der Waals surface area contributed by atoms with Gasteiger partial charge in [-0.15, -0.1) is 11.3 Å². The van der Waals surface area contributed by atoms with Gasteiger partial charge in [0, 0.05) is 17.8 Å². The molecule has 1 atom stereocenters. The van der Waals surface area contributed by atoms with Crippen LogP contribution in [-0.2, 0) is 4.79 Å². The maximum atomic E-state index is 13.8. The second-order valence-electron chi connectivity index (χ2n) is 6.13. The number of amides is 2. The molecule has 0 saturated carbocycles. The summed E-state index contributed by atoms with van der Waals surface area (Å²) in [5.41, 5.74) is 0.727. The summed E-state index contributed by atoms with van der Waals surface area (Å²) in [6.45, 7) is 0.251. The fourth-order valence-electron chi connectivity index (χ4n) is 2.91. The average Bonchev–Trinajstić information content (AvgIpc) is 3.12. The highest BCUT2D eigenvalue weighted by Crippen LogP contribution is 2.31. The quantitative estimate of drug-likeness (QED) is 0.600. The van der Waals surface area contributed by atoms with Crippen molar-refractivity contribution in [1.29, 1.82) is 5.26 Å². The van der Waals surface area contributed by atoms with Crippen LogP contribution < -0.4 is 10.6 Å². The van der Waals surface area contributed by atoms with Crippen LogP contribution in [0.4, 0.5) is 4.39 Å². The van der Waals surface area contributed by atoms with Crippen LogP contribution in [0.15, 0.2) is 53.9 Å². The lowest BCUT2D eigenvalue weighted by Gasteiger charge is -2.17. The second-order valence-corrected chi connectivity index (χ2v) is 7.04. The van der Waals surface area contributed by atoms with Gasteiger partial charge in [-0.3, -0.25) is 9.59 Å². The number of fused-ring (bicyclic) bond motifs is 1. The third-order valence-electron chi connectivity index (χ3n) is 4.32. The minimum atomic E-state index is -0.648. The number of nitrogens with one attached hydrogen (secondary N) is 2. The number of thiophene rings is 1. The van der Waals surface area contributed by atoms with Crippen molar-refractivity contribution in [2.45, 2.75) is 12.3 Å². The van der Waals surface area contributed by atoms with E-state index in [9.17, 15) is 14.0 Å². The number of carbonyl (C=O) groups is 2. The molecule has 142 valence electrons. The molecular weight excluding hydrogens is 377 g/mol. The lowest BCUT2D eigenvalue weighted by atomic mass is 9.97. The van der Waals surface area contributed by atoms with Gasteiger partial charge in [-0.2, -0.15) is 5.26 Å². The van der Waals surface area contributed by atoms with Crippen molar-refractivity contribution in [3.63, 3.8) is 0 Å². The monoisotopic (exact) mass is 395 g/mol. The van der Waals surface area contributed by atoms with Crippen LogP contribution in [-0.4, -0.2) is 24.9 Å². The second kappa shape index (κ2) is 9.11. The zero-order valence-electron chi connectivity index (χ0n) is 14.9. The number of rotatable bonds is 7. The highest BCUT2D eigenvalue weighted by Gasteiger charge is 2.24. The Morgan fingerprint density at radius 1 is 1.11 bits per heavy atom. The zero-order valence-corrected chi connectivity index (χ0v) is 15.8. The number of carbonyl (C=O) groups excluding carboxylic acids is 2. The largest absolute Gasteiger partial charge is 0.354 e. The van der Waals surface area contributed by atoms with Gasteiger partial charge in [0.15, 0.2) is 0 Å². The maximum Gasteiger partial charge on any atom is 0.254 e. The summed E-state index contributed by atoms with van der Waals surface area (Å²) in [4.78, 5) is 25.1. The van der Waals surface area contributed by atoms with E-state index in [-0.39, 0.29) is 31.0 Å². The molecule has 0 spiro atoms. The fraction of sp³-hybridized carbons (Fsp3) is 0.190. The molecule has 0 fully saturated rings. The van der Waals surface area contributed by atoms with Crippen molar-refractivity contribution in [2.24, 2.45) is 0 Å². The summed E-state index contributed by atoms with van der Waals surface area (Å²) < 4.78 is 14.9. The van der Waals surface area contributed by atoms with Gasteiger partial charge < -0.3 is 10.6 Å². The van der Waals surface area contributed by atoms with Gasteiger partial charge in [-0.25, -0.2) is 4.39 Å². The van der Waals surface area contributed by atoms with Crippen molar-refractivity contribution in [2.75, 3.05) is 13.1 Å². The van der Waals surface area contributed by atoms with Gasteiger partial charge in [-0.05, 0) is 34.5 Å². The standard InChI is InChI=1S/C21H18FN3O2S/c22-18-8-3-1-7-15(18)20(26)25-12-16(21(27)24-11-5-10-23)17-13-28-19-9-4-2-6-14(17)19/h1-4,6-9,13,16H,5,11-12H2,(H,24,27)(H,25,26). The third-order valence-corrected chi connectivity index (χ3v) is 5.31. The Labute approximate surface area is 165 Å². The Morgan fingerprint density at radius 3 is 2.64 bits per heavy atom. The molecule has 28 heavy (non-hydrogen) atoms. The Bertz CT molecular complexity index is 1040. The summed E-state index contributed by atoms with van der Waals surface area (Å²) in [6, 6.07) is 15.4. The van der Waals surface area contributed by atoms with Crippen LogP contribution in [0.5, 0.6) is 0 Å². The number of benzene rings is 2. The highest BCUT2D eigenvalue weighted by molar-refractivity contribution is 7.17. The summed E-state index contributed by atoms with van der Waals surface area (Å²) in [7, 11) is 0. The Morgan fingerprint density at radius 2 is 1.86 bits per heavy atom. The number of nitrogens with zero attached hydrogens (tertiary/aromatic N) is 1. The molecule has 3 rings (SSSR count). The molecule has 0 aliphatic heterocycles. The predicted octanol–water partition coefficient (Wildman–Crippen LogP) is 3.58. The number of halogens is 1. The van der Waals surface area contributed by atoms with E-state index >= 15 is 0 Å². The van der Waals surface area contributed by atoms with E-state index in [0.29, 0.717) is 0 Å². The van der Waals surface area contributed by atoms with E-state index in [1.165, 1.54) is 29.5 Å². The Hall–Kier alpha value is -3.24. The predicted molar refractivity (Wildman–Crippen MR) is 107 cm³/mol. The van der Waals surface area contributed by atoms with Crippen LogP contribution >= 0.6 is 11.3 Å². The zero-order chi connectivity index (χ0) is 19.9. The van der Waals surface area contributed by atoms with Gasteiger partial charge in [0.25, 0.3) is 5.91 Å². The smallest absolute Gasteiger partial charge is 0.254 e. The number of hydrogen-bond acceptors (Lipinski definition) is 4. The molecule has 0 aliphatic carbocycles. The molecule has 7 heteroatoms. The van der Waals surface area contributed by atoms with Crippen LogP contribution in [0, 0.1) is 17.1 Å². The molecule has 3 aromatic rings. The Kier molecular flexibility index (Phi) is 6.35. The SMILES string of the molecule is N#CCCNC(=O)C(CNC(=O)c1ccccc1F)c1csc2ccccc12. The van der Waals surface area contributed by atoms with E-state index in [2.05, 4.69) is 10.6 Å². The summed E-state index contributed by atoms with van der Waals surface area (Å²) >= 11 is 1.52. The van der Waals surface area contributed by atoms with Crippen molar-refractivity contribution in [1.82, 2.24) is 10.6 Å². The first-order valence-corrected chi connectivity index (χ1v) is 9.63. The van der Waals surface area contributed by atoms with Gasteiger partial charge in [0.2, 0.25) is 5.91 Å². The molecule has 2 aromatic carbocycles.